The van der Waals surface area contributed by atoms with Crippen LogP contribution in [0.25, 0.3) is 22.4 Å². The smallest absolute Gasteiger partial charge is 0.267 e. The quantitative estimate of drug-likeness (QED) is 0.536. The first-order chi connectivity index (χ1) is 16.6. The minimum atomic E-state index is -3.44. The van der Waals surface area contributed by atoms with E-state index >= 15 is 4.39 Å². The van der Waals surface area contributed by atoms with Crippen LogP contribution < -0.4 is 5.73 Å². The van der Waals surface area contributed by atoms with E-state index < -0.39 is 27.2 Å². The Morgan fingerprint density at radius 1 is 1.14 bits per heavy atom. The zero-order valence-corrected chi connectivity index (χ0v) is 20.7. The first-order valence-corrected chi connectivity index (χ1v) is 13.3. The lowest BCUT2D eigenvalue weighted by Crippen LogP contribution is -2.41. The Bertz CT molecular complexity index is 1350. The first-order valence-electron chi connectivity index (χ1n) is 11.4. The Hall–Kier alpha value is -3.17. The summed E-state index contributed by atoms with van der Waals surface area (Å²) in [4.78, 5) is 21.3. The van der Waals surface area contributed by atoms with Gasteiger partial charge in [0.15, 0.2) is 15.7 Å². The van der Waals surface area contributed by atoms with Gasteiger partial charge in [0, 0.05) is 47.5 Å². The number of primary amides is 1. The molecule has 3 aromatic rings. The summed E-state index contributed by atoms with van der Waals surface area (Å²) in [7, 11) is -3.44. The number of nitrogens with two attached hydrogens (primary N) is 1. The minimum absolute atomic E-state index is 0.0873. The Balaban J connectivity index is 2.09. The van der Waals surface area contributed by atoms with Crippen molar-refractivity contribution < 1.29 is 22.3 Å². The summed E-state index contributed by atoms with van der Waals surface area (Å²) in [6.07, 6.45) is 6.47. The molecule has 2 aromatic heterocycles. The number of aromatic nitrogens is 2. The highest BCUT2D eigenvalue weighted by molar-refractivity contribution is 7.90. The van der Waals surface area contributed by atoms with E-state index in [2.05, 4.69) is 9.97 Å². The van der Waals surface area contributed by atoms with Crippen LogP contribution in [-0.4, -0.2) is 37.2 Å². The summed E-state index contributed by atoms with van der Waals surface area (Å²) in [5.41, 5.74) is 5.93. The number of carbonyl (C=O) groups is 1. The maximum absolute atomic E-state index is 16.6. The Morgan fingerprint density at radius 2 is 1.86 bits per heavy atom. The molecule has 0 aliphatic carbocycles. The lowest BCUT2D eigenvalue weighted by atomic mass is 9.74. The second-order valence-electron chi connectivity index (χ2n) is 9.13. The summed E-state index contributed by atoms with van der Waals surface area (Å²) in [6.45, 7) is 4.38. The molecule has 1 amide bonds. The summed E-state index contributed by atoms with van der Waals surface area (Å²) >= 11 is 0. The van der Waals surface area contributed by atoms with Crippen molar-refractivity contribution in [1.82, 2.24) is 9.97 Å². The average Bonchev–Trinajstić information content (AvgIpc) is 2.84. The summed E-state index contributed by atoms with van der Waals surface area (Å²) < 4.78 is 46.8. The zero-order valence-electron chi connectivity index (χ0n) is 19.9. The molecule has 1 aliphatic heterocycles. The van der Waals surface area contributed by atoms with E-state index in [4.69, 9.17) is 10.5 Å². The predicted molar refractivity (Wildman–Crippen MR) is 131 cm³/mol. The van der Waals surface area contributed by atoms with Crippen molar-refractivity contribution in [2.75, 3.05) is 12.9 Å². The minimum Gasteiger partial charge on any atom is -0.370 e. The van der Waals surface area contributed by atoms with Crippen LogP contribution in [0.15, 0.2) is 53.7 Å². The molecule has 0 bridgehead atoms. The summed E-state index contributed by atoms with van der Waals surface area (Å²) in [5, 5.41) is 0. The monoisotopic (exact) mass is 497 g/mol. The molecule has 7 nitrogen and oxygen atoms in total. The normalized spacial score (nSPS) is 18.5. The molecule has 0 radical (unpaired) electrons. The zero-order chi connectivity index (χ0) is 25.4. The van der Waals surface area contributed by atoms with Crippen LogP contribution in [0, 0.1) is 11.7 Å². The summed E-state index contributed by atoms with van der Waals surface area (Å²) in [5.74, 6) is -1.57. The number of sulfone groups is 1. The molecular formula is C26H28FN3O4S. The van der Waals surface area contributed by atoms with Crippen LogP contribution in [0.3, 0.4) is 0 Å². The molecule has 1 unspecified atom stereocenters. The Labute approximate surface area is 204 Å². The molecule has 0 saturated carbocycles. The van der Waals surface area contributed by atoms with Crippen molar-refractivity contribution in [3.05, 3.63) is 65.9 Å². The fourth-order valence-corrected chi connectivity index (χ4v) is 5.37. The van der Waals surface area contributed by atoms with Gasteiger partial charge in [-0.1, -0.05) is 32.0 Å². The fourth-order valence-electron chi connectivity index (χ4n) is 4.74. The molecule has 35 heavy (non-hydrogen) atoms. The Morgan fingerprint density at radius 3 is 2.37 bits per heavy atom. The standard InChI is InChI=1S/C26H28FN3O4S/c1-16(2)26(12-4-5-14-34-26)21-20(18-7-6-13-29-15-18)24(25(28)31)30-23(22(21)27)17-8-10-19(11-9-17)35(3,32)33/h6-11,13,15-16H,4-5,12,14H2,1-3H3,(H2,28,31). The third-order valence-corrected chi connectivity index (χ3v) is 7.66. The van der Waals surface area contributed by atoms with Crippen LogP contribution in [0.1, 0.15) is 49.2 Å². The van der Waals surface area contributed by atoms with Gasteiger partial charge in [0.2, 0.25) is 0 Å². The van der Waals surface area contributed by atoms with Crippen molar-refractivity contribution in [1.29, 1.82) is 0 Å². The fraction of sp³-hybridized carbons (Fsp3) is 0.346. The maximum Gasteiger partial charge on any atom is 0.267 e. The maximum atomic E-state index is 16.6. The lowest BCUT2D eigenvalue weighted by Gasteiger charge is -2.43. The van der Waals surface area contributed by atoms with Gasteiger partial charge in [-0.3, -0.25) is 9.78 Å². The van der Waals surface area contributed by atoms with Crippen molar-refractivity contribution in [3.63, 3.8) is 0 Å². The highest BCUT2D eigenvalue weighted by atomic mass is 32.2. The van der Waals surface area contributed by atoms with Crippen LogP contribution in [0.4, 0.5) is 4.39 Å². The van der Waals surface area contributed by atoms with Gasteiger partial charge in [0.25, 0.3) is 5.91 Å². The van der Waals surface area contributed by atoms with E-state index in [1.165, 1.54) is 24.3 Å². The van der Waals surface area contributed by atoms with E-state index in [1.54, 1.807) is 24.5 Å². The predicted octanol–water partition coefficient (Wildman–Crippen LogP) is 4.50. The number of hydrogen-bond donors (Lipinski definition) is 1. The van der Waals surface area contributed by atoms with Gasteiger partial charge in [-0.15, -0.1) is 0 Å². The summed E-state index contributed by atoms with van der Waals surface area (Å²) in [6, 6.07) is 9.16. The van der Waals surface area contributed by atoms with Crippen molar-refractivity contribution in [2.24, 2.45) is 11.7 Å². The van der Waals surface area contributed by atoms with Gasteiger partial charge in [0.1, 0.15) is 11.4 Å². The van der Waals surface area contributed by atoms with E-state index in [0.29, 0.717) is 24.2 Å². The van der Waals surface area contributed by atoms with Gasteiger partial charge in [0.05, 0.1) is 10.5 Å². The van der Waals surface area contributed by atoms with Crippen LogP contribution >= 0.6 is 0 Å². The molecule has 0 spiro atoms. The average molecular weight is 498 g/mol. The van der Waals surface area contributed by atoms with E-state index in [0.717, 1.165) is 19.1 Å². The van der Waals surface area contributed by atoms with Gasteiger partial charge in [-0.25, -0.2) is 17.8 Å². The third kappa shape index (κ3) is 4.58. The largest absolute Gasteiger partial charge is 0.370 e. The van der Waals surface area contributed by atoms with Crippen molar-refractivity contribution in [3.8, 4) is 22.4 Å². The number of hydrogen-bond acceptors (Lipinski definition) is 6. The van der Waals surface area contributed by atoms with Crippen LogP contribution in [-0.2, 0) is 20.2 Å². The van der Waals surface area contributed by atoms with Gasteiger partial charge >= 0.3 is 0 Å². The highest BCUT2D eigenvalue weighted by Gasteiger charge is 2.44. The number of ether oxygens (including phenoxy) is 1. The third-order valence-electron chi connectivity index (χ3n) is 6.54. The topological polar surface area (TPSA) is 112 Å². The number of pyridine rings is 2. The highest BCUT2D eigenvalue weighted by Crippen LogP contribution is 2.48. The first kappa shape index (κ1) is 24.9. The molecule has 9 heteroatoms. The van der Waals surface area contributed by atoms with E-state index in [1.807, 2.05) is 13.8 Å². The lowest BCUT2D eigenvalue weighted by molar-refractivity contribution is -0.116. The van der Waals surface area contributed by atoms with Gasteiger partial charge in [-0.05, 0) is 43.4 Å². The molecule has 1 saturated heterocycles. The SMILES string of the molecule is CC(C)C1(c2c(F)c(-c3ccc(S(C)(=O)=O)cc3)nc(C(N)=O)c2-c2cccnc2)CCCCO1. The molecule has 1 aromatic carbocycles. The van der Waals surface area contributed by atoms with Crippen LogP contribution in [0.5, 0.6) is 0 Å². The van der Waals surface area contributed by atoms with Crippen molar-refractivity contribution >= 4 is 15.7 Å². The molecule has 1 fully saturated rings. The molecule has 2 N–H and O–H groups in total. The van der Waals surface area contributed by atoms with Gasteiger partial charge in [-0.2, -0.15) is 0 Å². The van der Waals surface area contributed by atoms with Crippen LogP contribution in [0.2, 0.25) is 0 Å². The molecule has 1 atom stereocenters. The van der Waals surface area contributed by atoms with Gasteiger partial charge < -0.3 is 10.5 Å². The molecule has 4 rings (SSSR count). The number of carbonyl (C=O) groups excluding carboxylic acids is 1. The number of nitrogens with zero attached hydrogens (tertiary/aromatic N) is 2. The number of rotatable bonds is 6. The second-order valence-corrected chi connectivity index (χ2v) is 11.1. The van der Waals surface area contributed by atoms with Crippen molar-refractivity contribution in [2.45, 2.75) is 43.6 Å². The molecule has 184 valence electrons. The second kappa shape index (κ2) is 9.47. The molecular weight excluding hydrogens is 469 g/mol. The number of amides is 1. The Kier molecular flexibility index (Phi) is 6.75. The number of halogens is 1. The number of benzene rings is 1. The molecule has 3 heterocycles. The van der Waals surface area contributed by atoms with E-state index in [9.17, 15) is 13.2 Å². The molecule has 1 aliphatic rings. The van der Waals surface area contributed by atoms with E-state index in [-0.39, 0.29) is 33.3 Å².